The number of hydrogen-bond donors (Lipinski definition) is 1. The molecule has 32 heavy (non-hydrogen) atoms. The van der Waals surface area contributed by atoms with E-state index < -0.39 is 0 Å². The minimum absolute atomic E-state index is 0.157. The van der Waals surface area contributed by atoms with Gasteiger partial charge >= 0.3 is 0 Å². The maximum absolute atomic E-state index is 12.4. The van der Waals surface area contributed by atoms with Crippen LogP contribution < -0.4 is 24.4 Å². The molecule has 1 aliphatic rings. The second-order valence-electron chi connectivity index (χ2n) is 6.80. The Balaban J connectivity index is 1.44. The maximum Gasteiger partial charge on any atom is 0.271 e. The Morgan fingerprint density at radius 1 is 1.09 bits per heavy atom. The van der Waals surface area contributed by atoms with Gasteiger partial charge in [-0.15, -0.1) is 0 Å². The highest BCUT2D eigenvalue weighted by Crippen LogP contribution is 2.35. The van der Waals surface area contributed by atoms with E-state index in [1.807, 2.05) is 49.4 Å². The zero-order valence-electron chi connectivity index (χ0n) is 17.3. The Morgan fingerprint density at radius 3 is 2.72 bits per heavy atom. The number of benzene rings is 3. The summed E-state index contributed by atoms with van der Waals surface area (Å²) >= 11 is 2.21. The summed E-state index contributed by atoms with van der Waals surface area (Å²) in [5.41, 5.74) is 4.81. The highest BCUT2D eigenvalue weighted by Gasteiger charge is 2.16. The largest absolute Gasteiger partial charge is 0.490 e. The van der Waals surface area contributed by atoms with E-state index in [-0.39, 0.29) is 12.7 Å². The first-order valence-corrected chi connectivity index (χ1v) is 11.1. The molecule has 0 bridgehead atoms. The molecule has 0 spiro atoms. The summed E-state index contributed by atoms with van der Waals surface area (Å²) < 4.78 is 23.3. The zero-order valence-corrected chi connectivity index (χ0v) is 19.5. The molecule has 0 aliphatic carbocycles. The van der Waals surface area contributed by atoms with Crippen LogP contribution in [0.1, 0.15) is 28.4 Å². The van der Waals surface area contributed by atoms with Crippen molar-refractivity contribution in [3.63, 3.8) is 0 Å². The lowest BCUT2D eigenvalue weighted by Gasteiger charge is -2.14. The van der Waals surface area contributed by atoms with Crippen LogP contribution in [0.15, 0.2) is 65.8 Å². The van der Waals surface area contributed by atoms with Crippen LogP contribution in [0, 0.1) is 3.57 Å². The van der Waals surface area contributed by atoms with Crippen molar-refractivity contribution in [1.29, 1.82) is 0 Å². The minimum Gasteiger partial charge on any atom is -0.490 e. The number of amides is 1. The lowest BCUT2D eigenvalue weighted by atomic mass is 10.2. The number of ether oxygens (including phenoxy) is 4. The van der Waals surface area contributed by atoms with Crippen molar-refractivity contribution in [3.8, 4) is 23.0 Å². The van der Waals surface area contributed by atoms with Crippen LogP contribution in [0.25, 0.3) is 0 Å². The molecule has 1 heterocycles. The van der Waals surface area contributed by atoms with Gasteiger partial charge in [0.05, 0.1) is 16.4 Å². The molecule has 0 radical (unpaired) electrons. The van der Waals surface area contributed by atoms with E-state index in [0.29, 0.717) is 41.8 Å². The molecule has 1 amide bonds. The molecule has 0 saturated heterocycles. The van der Waals surface area contributed by atoms with Crippen LogP contribution in [-0.2, 0) is 6.61 Å². The molecule has 0 aromatic heterocycles. The third-order valence-corrected chi connectivity index (χ3v) is 5.37. The van der Waals surface area contributed by atoms with Gasteiger partial charge in [0.15, 0.2) is 23.0 Å². The molecule has 0 atom stereocenters. The van der Waals surface area contributed by atoms with Gasteiger partial charge in [-0.1, -0.05) is 30.3 Å². The molecule has 1 N–H and O–H groups in total. The lowest BCUT2D eigenvalue weighted by molar-refractivity contribution is 0.0954. The third-order valence-electron chi connectivity index (χ3n) is 4.57. The van der Waals surface area contributed by atoms with Crippen molar-refractivity contribution in [2.75, 3.05) is 13.4 Å². The van der Waals surface area contributed by atoms with Crippen LogP contribution in [0.3, 0.4) is 0 Å². The van der Waals surface area contributed by atoms with Gasteiger partial charge in [-0.05, 0) is 71.0 Å². The van der Waals surface area contributed by atoms with Crippen LogP contribution in [-0.4, -0.2) is 25.5 Å². The second-order valence-corrected chi connectivity index (χ2v) is 7.97. The van der Waals surface area contributed by atoms with Gasteiger partial charge in [-0.3, -0.25) is 4.79 Å². The van der Waals surface area contributed by atoms with E-state index in [4.69, 9.17) is 18.9 Å². The molecule has 4 rings (SSSR count). The summed E-state index contributed by atoms with van der Waals surface area (Å²) in [5.74, 6) is 2.13. The molecule has 3 aromatic rings. The SMILES string of the molecule is CCOc1cc(/C=N\NC(=O)c2ccc3c(c2)OCO3)cc(I)c1OCc1ccccc1. The van der Waals surface area contributed by atoms with E-state index in [9.17, 15) is 4.79 Å². The van der Waals surface area contributed by atoms with Crippen molar-refractivity contribution < 1.29 is 23.7 Å². The van der Waals surface area contributed by atoms with Crippen molar-refractivity contribution in [1.82, 2.24) is 5.43 Å². The molecule has 7 nitrogen and oxygen atoms in total. The van der Waals surface area contributed by atoms with Crippen LogP contribution in [0.2, 0.25) is 0 Å². The number of rotatable bonds is 8. The molecule has 164 valence electrons. The number of carbonyl (C=O) groups excluding carboxylic acids is 1. The lowest BCUT2D eigenvalue weighted by Crippen LogP contribution is -2.17. The van der Waals surface area contributed by atoms with E-state index in [1.165, 1.54) is 0 Å². The van der Waals surface area contributed by atoms with E-state index >= 15 is 0 Å². The van der Waals surface area contributed by atoms with Crippen molar-refractivity contribution in [3.05, 3.63) is 80.9 Å². The molecular weight excluding hydrogens is 523 g/mol. The van der Waals surface area contributed by atoms with Crippen LogP contribution in [0.5, 0.6) is 23.0 Å². The number of carbonyl (C=O) groups is 1. The second kappa shape index (κ2) is 10.4. The number of nitrogens with zero attached hydrogens (tertiary/aromatic N) is 1. The van der Waals surface area contributed by atoms with Crippen molar-refractivity contribution >= 4 is 34.7 Å². The fourth-order valence-electron chi connectivity index (χ4n) is 3.06. The quantitative estimate of drug-likeness (QED) is 0.252. The monoisotopic (exact) mass is 544 g/mol. The Bertz CT molecular complexity index is 1130. The third kappa shape index (κ3) is 5.31. The summed E-state index contributed by atoms with van der Waals surface area (Å²) in [4.78, 5) is 12.4. The van der Waals surface area contributed by atoms with Gasteiger partial charge in [0, 0.05) is 5.56 Å². The summed E-state index contributed by atoms with van der Waals surface area (Å²) in [7, 11) is 0. The normalized spacial score (nSPS) is 12.1. The Kier molecular flexibility index (Phi) is 7.10. The van der Waals surface area contributed by atoms with Gasteiger partial charge < -0.3 is 18.9 Å². The van der Waals surface area contributed by atoms with E-state index in [1.54, 1.807) is 24.4 Å². The first-order chi connectivity index (χ1) is 15.6. The average Bonchev–Trinajstić information content (AvgIpc) is 3.27. The number of nitrogens with one attached hydrogen (secondary N) is 1. The topological polar surface area (TPSA) is 78.4 Å². The zero-order chi connectivity index (χ0) is 22.3. The van der Waals surface area contributed by atoms with E-state index in [0.717, 1.165) is 14.7 Å². The molecule has 0 saturated carbocycles. The fourth-order valence-corrected chi connectivity index (χ4v) is 3.84. The molecule has 0 unspecified atom stereocenters. The molecule has 3 aromatic carbocycles. The fraction of sp³-hybridized carbons (Fsp3) is 0.167. The summed E-state index contributed by atoms with van der Waals surface area (Å²) in [6.07, 6.45) is 1.57. The Morgan fingerprint density at radius 2 is 1.91 bits per heavy atom. The standard InChI is InChI=1S/C24H21IN2O5/c1-2-29-22-11-17(10-19(25)23(22)30-14-16-6-4-3-5-7-16)13-26-27-24(28)18-8-9-20-21(12-18)32-15-31-20/h3-13H,2,14-15H2,1H3,(H,27,28)/b26-13-. The Hall–Kier alpha value is -3.27. The molecule has 8 heteroatoms. The number of fused-ring (bicyclic) bond motifs is 1. The van der Waals surface area contributed by atoms with Crippen LogP contribution in [0.4, 0.5) is 0 Å². The van der Waals surface area contributed by atoms with Gasteiger partial charge in [-0.25, -0.2) is 5.43 Å². The highest BCUT2D eigenvalue weighted by atomic mass is 127. The molecular formula is C24H21IN2O5. The maximum atomic E-state index is 12.4. The highest BCUT2D eigenvalue weighted by molar-refractivity contribution is 14.1. The van der Waals surface area contributed by atoms with Crippen molar-refractivity contribution in [2.24, 2.45) is 5.10 Å². The molecule has 1 aliphatic heterocycles. The predicted octanol–water partition coefficient (Wildman–Crippen LogP) is 4.76. The average molecular weight is 544 g/mol. The smallest absolute Gasteiger partial charge is 0.271 e. The van der Waals surface area contributed by atoms with Gasteiger partial charge in [0.25, 0.3) is 5.91 Å². The van der Waals surface area contributed by atoms with Gasteiger partial charge in [0.1, 0.15) is 6.61 Å². The minimum atomic E-state index is -0.345. The van der Waals surface area contributed by atoms with Gasteiger partial charge in [-0.2, -0.15) is 5.10 Å². The first kappa shape index (κ1) is 21.9. The molecule has 0 fully saturated rings. The van der Waals surface area contributed by atoms with Gasteiger partial charge in [0.2, 0.25) is 6.79 Å². The summed E-state index contributed by atoms with van der Waals surface area (Å²) in [5, 5.41) is 4.08. The van der Waals surface area contributed by atoms with Crippen LogP contribution >= 0.6 is 22.6 Å². The van der Waals surface area contributed by atoms with E-state index in [2.05, 4.69) is 33.1 Å². The number of halogens is 1. The predicted molar refractivity (Wildman–Crippen MR) is 129 cm³/mol. The summed E-state index contributed by atoms with van der Waals surface area (Å²) in [6, 6.07) is 18.7. The summed E-state index contributed by atoms with van der Waals surface area (Å²) in [6.45, 7) is 3.01. The number of hydrogen-bond acceptors (Lipinski definition) is 6. The Labute approximate surface area is 199 Å². The first-order valence-electron chi connectivity index (χ1n) is 10.00. The number of hydrazone groups is 1. The van der Waals surface area contributed by atoms with Crippen molar-refractivity contribution in [2.45, 2.75) is 13.5 Å².